The monoisotopic (exact) mass is 238 g/mol. The van der Waals surface area contributed by atoms with Crippen LogP contribution in [0.3, 0.4) is 0 Å². The van der Waals surface area contributed by atoms with Gasteiger partial charge in [0.05, 0.1) is 5.41 Å². The molecule has 0 unspecified atom stereocenters. The Labute approximate surface area is 96.2 Å². The number of aryl methyl sites for hydroxylation is 1. The maximum absolute atomic E-state index is 11.2. The minimum atomic E-state index is -3.70. The van der Waals surface area contributed by atoms with Crippen molar-refractivity contribution in [1.82, 2.24) is 0 Å². The molecule has 3 nitrogen and oxygen atoms in total. The maximum Gasteiger partial charge on any atom is 0.331 e. The van der Waals surface area contributed by atoms with Gasteiger partial charge in [-0.1, -0.05) is 30.4 Å². The van der Waals surface area contributed by atoms with Crippen LogP contribution in [0.4, 0.5) is 0 Å². The largest absolute Gasteiger partial charge is 0.379 e. The van der Waals surface area contributed by atoms with E-state index in [9.17, 15) is 8.42 Å². The molecule has 1 rings (SSSR count). The van der Waals surface area contributed by atoms with Crippen molar-refractivity contribution in [1.29, 1.82) is 0 Å². The molecule has 1 aromatic carbocycles. The molecule has 0 spiro atoms. The normalized spacial score (nSPS) is 10.8. The van der Waals surface area contributed by atoms with E-state index in [1.54, 1.807) is 18.2 Å². The summed E-state index contributed by atoms with van der Waals surface area (Å²) in [7, 11) is -3.70. The van der Waals surface area contributed by atoms with E-state index >= 15 is 0 Å². The number of benzene rings is 1. The third-order valence-corrected chi connectivity index (χ3v) is 2.81. The number of allylic oxidation sites excluding steroid dienone is 1. The van der Waals surface area contributed by atoms with Gasteiger partial charge < -0.3 is 4.18 Å². The first-order chi connectivity index (χ1) is 7.48. The predicted octanol–water partition coefficient (Wildman–Crippen LogP) is 2.58. The van der Waals surface area contributed by atoms with Gasteiger partial charge in [0.25, 0.3) is 0 Å². The smallest absolute Gasteiger partial charge is 0.331 e. The van der Waals surface area contributed by atoms with Crippen molar-refractivity contribution in [3.8, 4) is 5.75 Å². The molecule has 0 fully saturated rings. The van der Waals surface area contributed by atoms with E-state index in [4.69, 9.17) is 4.18 Å². The summed E-state index contributed by atoms with van der Waals surface area (Å²) in [6, 6.07) is 5.30. The standard InChI is InChI=1S/C12H14O3S/c1-4-6-11-9-10(3)7-8-12(11)15-16(13,14)5-2/h4-5,7-9H,1-2,6H2,3H3. The Morgan fingerprint density at radius 3 is 2.62 bits per heavy atom. The molecule has 1 aromatic rings. The molecule has 0 heterocycles. The molecule has 0 N–H and O–H groups in total. The van der Waals surface area contributed by atoms with Gasteiger partial charge in [0.1, 0.15) is 5.75 Å². The molecule has 16 heavy (non-hydrogen) atoms. The second-order valence-electron chi connectivity index (χ2n) is 3.35. The van der Waals surface area contributed by atoms with Crippen LogP contribution in [0.2, 0.25) is 0 Å². The summed E-state index contributed by atoms with van der Waals surface area (Å²) in [5, 5.41) is 0.782. The first-order valence-corrected chi connectivity index (χ1v) is 6.23. The first-order valence-electron chi connectivity index (χ1n) is 4.76. The summed E-state index contributed by atoms with van der Waals surface area (Å²) in [5.41, 5.74) is 1.83. The molecular formula is C12H14O3S. The summed E-state index contributed by atoms with van der Waals surface area (Å²) >= 11 is 0. The van der Waals surface area contributed by atoms with Crippen LogP contribution < -0.4 is 4.18 Å². The van der Waals surface area contributed by atoms with Crippen molar-refractivity contribution in [3.05, 3.63) is 54.0 Å². The fourth-order valence-corrected chi connectivity index (χ4v) is 1.74. The van der Waals surface area contributed by atoms with Crippen LogP contribution >= 0.6 is 0 Å². The van der Waals surface area contributed by atoms with Crippen LogP contribution in [0.5, 0.6) is 5.75 Å². The number of hydrogen-bond donors (Lipinski definition) is 0. The number of hydrogen-bond acceptors (Lipinski definition) is 3. The Morgan fingerprint density at radius 1 is 1.38 bits per heavy atom. The molecule has 0 atom stereocenters. The molecule has 86 valence electrons. The van der Waals surface area contributed by atoms with Gasteiger partial charge in [-0.2, -0.15) is 8.42 Å². The van der Waals surface area contributed by atoms with Crippen LogP contribution in [0.1, 0.15) is 11.1 Å². The van der Waals surface area contributed by atoms with Crippen LogP contribution in [-0.2, 0) is 16.5 Å². The lowest BCUT2D eigenvalue weighted by molar-refractivity contribution is 0.494. The Hall–Kier alpha value is -1.55. The Balaban J connectivity index is 3.13. The molecule has 4 heteroatoms. The highest BCUT2D eigenvalue weighted by Crippen LogP contribution is 2.22. The molecular weight excluding hydrogens is 224 g/mol. The average Bonchev–Trinajstić information content (AvgIpc) is 2.22. The summed E-state index contributed by atoms with van der Waals surface area (Å²) in [4.78, 5) is 0. The van der Waals surface area contributed by atoms with Crippen LogP contribution in [0, 0.1) is 6.92 Å². The summed E-state index contributed by atoms with van der Waals surface area (Å²) < 4.78 is 27.4. The minimum absolute atomic E-state index is 0.324. The zero-order chi connectivity index (χ0) is 12.2. The second-order valence-corrected chi connectivity index (χ2v) is 4.83. The number of rotatable bonds is 5. The predicted molar refractivity (Wildman–Crippen MR) is 64.8 cm³/mol. The molecule has 0 saturated heterocycles. The van der Waals surface area contributed by atoms with E-state index in [0.29, 0.717) is 12.2 Å². The second kappa shape index (κ2) is 4.99. The van der Waals surface area contributed by atoms with Crippen LogP contribution in [0.25, 0.3) is 0 Å². The van der Waals surface area contributed by atoms with E-state index in [-0.39, 0.29) is 0 Å². The highest BCUT2D eigenvalue weighted by atomic mass is 32.2. The lowest BCUT2D eigenvalue weighted by Crippen LogP contribution is -2.06. The first kappa shape index (κ1) is 12.5. The molecule has 0 radical (unpaired) electrons. The Kier molecular flexibility index (Phi) is 3.90. The van der Waals surface area contributed by atoms with Crippen molar-refractivity contribution in [2.24, 2.45) is 0 Å². The minimum Gasteiger partial charge on any atom is -0.379 e. The molecule has 0 aromatic heterocycles. The molecule has 0 amide bonds. The van der Waals surface area contributed by atoms with Gasteiger partial charge in [0.2, 0.25) is 0 Å². The van der Waals surface area contributed by atoms with Gasteiger partial charge in [-0.15, -0.1) is 6.58 Å². The van der Waals surface area contributed by atoms with E-state index in [1.807, 2.05) is 13.0 Å². The van der Waals surface area contributed by atoms with E-state index in [1.165, 1.54) is 0 Å². The van der Waals surface area contributed by atoms with Crippen LogP contribution in [-0.4, -0.2) is 8.42 Å². The van der Waals surface area contributed by atoms with Gasteiger partial charge in [0, 0.05) is 0 Å². The molecule has 0 saturated carbocycles. The van der Waals surface area contributed by atoms with Crippen molar-refractivity contribution < 1.29 is 12.6 Å². The third kappa shape index (κ3) is 3.24. The highest BCUT2D eigenvalue weighted by molar-refractivity contribution is 7.90. The molecule has 0 bridgehead atoms. The van der Waals surface area contributed by atoms with Crippen molar-refractivity contribution in [2.75, 3.05) is 0 Å². The topological polar surface area (TPSA) is 43.4 Å². The lowest BCUT2D eigenvalue weighted by atomic mass is 10.1. The fourth-order valence-electron chi connectivity index (χ4n) is 1.26. The van der Waals surface area contributed by atoms with Crippen molar-refractivity contribution in [3.63, 3.8) is 0 Å². The van der Waals surface area contributed by atoms with Gasteiger partial charge >= 0.3 is 10.1 Å². The fraction of sp³-hybridized carbons (Fsp3) is 0.167. The van der Waals surface area contributed by atoms with Gasteiger partial charge in [0.15, 0.2) is 0 Å². The van der Waals surface area contributed by atoms with E-state index in [2.05, 4.69) is 13.2 Å². The van der Waals surface area contributed by atoms with Gasteiger partial charge in [-0.25, -0.2) is 0 Å². The van der Waals surface area contributed by atoms with E-state index < -0.39 is 10.1 Å². The van der Waals surface area contributed by atoms with Gasteiger partial charge in [-0.3, -0.25) is 0 Å². The molecule has 0 aliphatic heterocycles. The Morgan fingerprint density at radius 2 is 2.06 bits per heavy atom. The lowest BCUT2D eigenvalue weighted by Gasteiger charge is -2.09. The zero-order valence-corrected chi connectivity index (χ0v) is 9.96. The summed E-state index contributed by atoms with van der Waals surface area (Å²) in [6.45, 7) is 8.74. The maximum atomic E-state index is 11.2. The zero-order valence-electron chi connectivity index (χ0n) is 9.14. The third-order valence-electron chi connectivity index (χ3n) is 1.99. The average molecular weight is 238 g/mol. The molecule has 0 aliphatic carbocycles. The summed E-state index contributed by atoms with van der Waals surface area (Å²) in [6.07, 6.45) is 2.26. The van der Waals surface area contributed by atoms with Crippen LogP contribution in [0.15, 0.2) is 42.8 Å². The van der Waals surface area contributed by atoms with Gasteiger partial charge in [-0.05, 0) is 25.0 Å². The van der Waals surface area contributed by atoms with Crippen molar-refractivity contribution in [2.45, 2.75) is 13.3 Å². The van der Waals surface area contributed by atoms with Crippen molar-refractivity contribution >= 4 is 10.1 Å². The SMILES string of the molecule is C=CCc1cc(C)ccc1OS(=O)(=O)C=C. The quantitative estimate of drug-likeness (QED) is 0.585. The van der Waals surface area contributed by atoms with E-state index in [0.717, 1.165) is 16.5 Å². The highest BCUT2D eigenvalue weighted by Gasteiger charge is 2.10. The summed E-state index contributed by atoms with van der Waals surface area (Å²) in [5.74, 6) is 0.324. The Bertz CT molecular complexity index is 501. The molecule has 0 aliphatic rings.